The lowest BCUT2D eigenvalue weighted by atomic mass is 10.2. The number of rotatable bonds is 6. The second-order valence-electron chi connectivity index (χ2n) is 7.11. The molecule has 0 radical (unpaired) electrons. The Labute approximate surface area is 190 Å². The van der Waals surface area contributed by atoms with Gasteiger partial charge in [-0.2, -0.15) is 0 Å². The Morgan fingerprint density at radius 1 is 1.19 bits per heavy atom. The minimum absolute atomic E-state index is 0.174. The molecule has 2 aromatic heterocycles. The summed E-state index contributed by atoms with van der Waals surface area (Å²) < 4.78 is 7.51. The lowest BCUT2D eigenvalue weighted by Gasteiger charge is -2.28. The minimum atomic E-state index is -0.415. The summed E-state index contributed by atoms with van der Waals surface area (Å²) in [6.07, 6.45) is 1.50. The summed E-state index contributed by atoms with van der Waals surface area (Å²) in [6.45, 7) is 6.67. The number of nitrogens with one attached hydrogen (secondary N) is 1. The molecule has 3 heterocycles. The zero-order chi connectivity index (χ0) is 21.8. The first-order chi connectivity index (χ1) is 15.0. The number of hydrogen-bond acceptors (Lipinski definition) is 7. The van der Waals surface area contributed by atoms with Crippen molar-refractivity contribution in [1.29, 1.82) is 0 Å². The van der Waals surface area contributed by atoms with E-state index in [0.717, 1.165) is 30.3 Å². The largest absolute Gasteiger partial charge is 0.378 e. The molecule has 31 heavy (non-hydrogen) atoms. The molecule has 4 rings (SSSR count). The first-order valence-electron chi connectivity index (χ1n) is 9.96. The maximum atomic E-state index is 12.7. The van der Waals surface area contributed by atoms with Gasteiger partial charge in [0, 0.05) is 19.3 Å². The highest BCUT2D eigenvalue weighted by atomic mass is 35.5. The van der Waals surface area contributed by atoms with E-state index >= 15 is 0 Å². The third kappa shape index (κ3) is 5.00. The lowest BCUT2D eigenvalue weighted by Crippen LogP contribution is -2.38. The number of hydrogen-bond donors (Lipinski definition) is 1. The van der Waals surface area contributed by atoms with Crippen molar-refractivity contribution in [2.45, 2.75) is 24.3 Å². The Morgan fingerprint density at radius 2 is 1.97 bits per heavy atom. The van der Waals surface area contributed by atoms with Crippen LogP contribution in [0.1, 0.15) is 12.5 Å². The zero-order valence-corrected chi connectivity index (χ0v) is 18.9. The van der Waals surface area contributed by atoms with Gasteiger partial charge >= 0.3 is 0 Å². The number of para-hydroxylation sites is 1. The number of aromatic nitrogens is 4. The molecule has 1 unspecified atom stereocenters. The summed E-state index contributed by atoms with van der Waals surface area (Å²) in [5.41, 5.74) is 2.09. The number of ether oxygens (including phenoxy) is 1. The maximum absolute atomic E-state index is 12.7. The molecule has 0 spiro atoms. The summed E-state index contributed by atoms with van der Waals surface area (Å²) in [6, 6.07) is 11.4. The van der Waals surface area contributed by atoms with Crippen LogP contribution in [0.25, 0.3) is 5.69 Å². The summed E-state index contributed by atoms with van der Waals surface area (Å²) in [5.74, 6) is 1.04. The third-order valence-corrected chi connectivity index (χ3v) is 6.16. The Morgan fingerprint density at radius 3 is 2.68 bits per heavy atom. The van der Waals surface area contributed by atoms with E-state index in [9.17, 15) is 4.79 Å². The quantitative estimate of drug-likeness (QED) is 0.565. The predicted octanol–water partition coefficient (Wildman–Crippen LogP) is 3.58. The van der Waals surface area contributed by atoms with Crippen molar-refractivity contribution in [2.75, 3.05) is 36.5 Å². The number of amides is 1. The number of carbonyl (C=O) groups excluding carboxylic acids is 1. The zero-order valence-electron chi connectivity index (χ0n) is 17.3. The lowest BCUT2D eigenvalue weighted by molar-refractivity contribution is -0.115. The molecule has 0 bridgehead atoms. The minimum Gasteiger partial charge on any atom is -0.378 e. The van der Waals surface area contributed by atoms with Gasteiger partial charge in [0.15, 0.2) is 5.16 Å². The van der Waals surface area contributed by atoms with Crippen molar-refractivity contribution in [1.82, 2.24) is 19.7 Å². The molecule has 1 fully saturated rings. The fourth-order valence-corrected chi connectivity index (χ4v) is 4.19. The molecule has 3 aromatic rings. The van der Waals surface area contributed by atoms with E-state index in [-0.39, 0.29) is 5.91 Å². The third-order valence-electron chi connectivity index (χ3n) is 4.90. The molecule has 10 heteroatoms. The van der Waals surface area contributed by atoms with Crippen LogP contribution in [0.5, 0.6) is 0 Å². The summed E-state index contributed by atoms with van der Waals surface area (Å²) in [7, 11) is 0. The maximum Gasteiger partial charge on any atom is 0.238 e. The Balaban J connectivity index is 1.60. The van der Waals surface area contributed by atoms with Crippen molar-refractivity contribution in [2.24, 2.45) is 0 Å². The number of nitrogens with zero attached hydrogens (tertiary/aromatic N) is 5. The Hall–Kier alpha value is -2.62. The highest BCUT2D eigenvalue weighted by Gasteiger charge is 2.25. The van der Waals surface area contributed by atoms with Crippen molar-refractivity contribution >= 4 is 41.0 Å². The van der Waals surface area contributed by atoms with E-state index in [1.165, 1.54) is 18.0 Å². The number of aryl methyl sites for hydroxylation is 1. The van der Waals surface area contributed by atoms with E-state index in [1.54, 1.807) is 12.1 Å². The van der Waals surface area contributed by atoms with Crippen LogP contribution < -0.4 is 10.2 Å². The molecular weight excluding hydrogens is 436 g/mol. The normalized spacial score (nSPS) is 15.0. The summed E-state index contributed by atoms with van der Waals surface area (Å²) in [4.78, 5) is 19.0. The van der Waals surface area contributed by atoms with Crippen molar-refractivity contribution in [3.8, 4) is 5.69 Å². The standard InChI is InChI=1S/C21H23ClN6O2S/c1-14-5-3-4-6-17(14)28-20(27-9-11-30-12-10-27)25-26-21(28)31-15(2)19(29)24-18-8-7-16(22)13-23-18/h3-8,13,15H,9-12H2,1-2H3,(H,23,24,29). The van der Waals surface area contributed by atoms with Crippen LogP contribution >= 0.6 is 23.4 Å². The van der Waals surface area contributed by atoms with Gasteiger partial charge in [0.1, 0.15) is 5.82 Å². The van der Waals surface area contributed by atoms with Crippen LogP contribution in [0.15, 0.2) is 47.8 Å². The fourth-order valence-electron chi connectivity index (χ4n) is 3.22. The average Bonchev–Trinajstić information content (AvgIpc) is 3.19. The monoisotopic (exact) mass is 458 g/mol. The highest BCUT2D eigenvalue weighted by molar-refractivity contribution is 8.00. The Bertz CT molecular complexity index is 1050. The number of thioether (sulfide) groups is 1. The average molecular weight is 459 g/mol. The molecule has 162 valence electrons. The van der Waals surface area contributed by atoms with Crippen molar-refractivity contribution in [3.63, 3.8) is 0 Å². The molecule has 1 atom stereocenters. The number of halogens is 1. The van der Waals surface area contributed by atoms with Gasteiger partial charge in [-0.1, -0.05) is 41.6 Å². The topological polar surface area (TPSA) is 85.2 Å². The van der Waals surface area contributed by atoms with E-state index in [2.05, 4.69) is 38.4 Å². The molecular formula is C21H23ClN6O2S. The molecule has 1 saturated heterocycles. The number of benzene rings is 1. The molecule has 1 aliphatic heterocycles. The van der Waals surface area contributed by atoms with Gasteiger partial charge in [-0.25, -0.2) is 4.98 Å². The van der Waals surface area contributed by atoms with Crippen LogP contribution in [-0.2, 0) is 9.53 Å². The smallest absolute Gasteiger partial charge is 0.238 e. The first-order valence-corrected chi connectivity index (χ1v) is 11.2. The molecule has 8 nitrogen and oxygen atoms in total. The molecule has 0 saturated carbocycles. The summed E-state index contributed by atoms with van der Waals surface area (Å²) in [5, 5.41) is 12.5. The van der Waals surface area contributed by atoms with Crippen molar-refractivity contribution < 1.29 is 9.53 Å². The van der Waals surface area contributed by atoms with Gasteiger partial charge in [0.25, 0.3) is 0 Å². The molecule has 1 aromatic carbocycles. The fraction of sp³-hybridized carbons (Fsp3) is 0.333. The number of pyridine rings is 1. The predicted molar refractivity (Wildman–Crippen MR) is 122 cm³/mol. The van der Waals surface area contributed by atoms with E-state index in [1.807, 2.05) is 29.7 Å². The number of anilines is 2. The van der Waals surface area contributed by atoms with Gasteiger partial charge in [0.2, 0.25) is 11.9 Å². The highest BCUT2D eigenvalue weighted by Crippen LogP contribution is 2.31. The second kappa shape index (κ2) is 9.67. The number of carbonyl (C=O) groups is 1. The van der Waals surface area contributed by atoms with E-state index in [4.69, 9.17) is 16.3 Å². The summed E-state index contributed by atoms with van der Waals surface area (Å²) >= 11 is 7.22. The number of morpholine rings is 1. The van der Waals surface area contributed by atoms with Gasteiger partial charge < -0.3 is 15.0 Å². The van der Waals surface area contributed by atoms with E-state index in [0.29, 0.717) is 29.2 Å². The second-order valence-corrected chi connectivity index (χ2v) is 8.86. The van der Waals surface area contributed by atoms with Crippen LogP contribution in [-0.4, -0.2) is 57.2 Å². The van der Waals surface area contributed by atoms with Gasteiger partial charge in [0.05, 0.1) is 29.2 Å². The first kappa shape index (κ1) is 21.6. The SMILES string of the molecule is Cc1ccccc1-n1c(SC(C)C(=O)Nc2ccc(Cl)cn2)nnc1N1CCOCC1. The molecule has 0 aliphatic carbocycles. The molecule has 1 N–H and O–H groups in total. The Kier molecular flexibility index (Phi) is 6.74. The van der Waals surface area contributed by atoms with Gasteiger partial charge in [-0.15, -0.1) is 10.2 Å². The molecule has 1 aliphatic rings. The molecule has 1 amide bonds. The van der Waals surface area contributed by atoms with Gasteiger partial charge in [-0.3, -0.25) is 9.36 Å². The van der Waals surface area contributed by atoms with Crippen molar-refractivity contribution in [3.05, 3.63) is 53.2 Å². The van der Waals surface area contributed by atoms with Gasteiger partial charge in [-0.05, 0) is 37.6 Å². The van der Waals surface area contributed by atoms with Crippen LogP contribution in [0.3, 0.4) is 0 Å². The van der Waals surface area contributed by atoms with Crippen LogP contribution in [0, 0.1) is 6.92 Å². The van der Waals surface area contributed by atoms with Crippen LogP contribution in [0.4, 0.5) is 11.8 Å². The van der Waals surface area contributed by atoms with Crippen LogP contribution in [0.2, 0.25) is 5.02 Å². The van der Waals surface area contributed by atoms with E-state index < -0.39 is 5.25 Å².